The molecule has 3 aromatic rings. The highest BCUT2D eigenvalue weighted by atomic mass is 35.5. The van der Waals surface area contributed by atoms with Crippen LogP contribution in [0.3, 0.4) is 0 Å². The average Bonchev–Trinajstić information content (AvgIpc) is 3.25. The third-order valence-electron chi connectivity index (χ3n) is 3.77. The van der Waals surface area contributed by atoms with E-state index < -0.39 is 0 Å². The van der Waals surface area contributed by atoms with Gasteiger partial charge >= 0.3 is 0 Å². The van der Waals surface area contributed by atoms with E-state index in [-0.39, 0.29) is 6.79 Å². The smallest absolute Gasteiger partial charge is 0.231 e. The molecule has 2 heterocycles. The predicted molar refractivity (Wildman–Crippen MR) is 105 cm³/mol. The van der Waals surface area contributed by atoms with Crippen LogP contribution >= 0.6 is 23.8 Å². The monoisotopic (exact) mass is 386 g/mol. The molecule has 0 unspecified atom stereocenters. The second kappa shape index (κ2) is 7.23. The quantitative estimate of drug-likeness (QED) is 0.658. The number of ether oxygens (including phenoxy) is 2. The predicted octanol–water partition coefficient (Wildman–Crippen LogP) is 4.12. The fraction of sp³-hybridized carbons (Fsp3) is 0.111. The molecule has 0 fully saturated rings. The molecule has 0 saturated heterocycles. The van der Waals surface area contributed by atoms with Crippen LogP contribution in [0.2, 0.25) is 5.02 Å². The van der Waals surface area contributed by atoms with Crippen molar-refractivity contribution in [1.82, 2.24) is 9.78 Å². The third-order valence-corrected chi connectivity index (χ3v) is 4.23. The summed E-state index contributed by atoms with van der Waals surface area (Å²) < 4.78 is 12.5. The van der Waals surface area contributed by atoms with E-state index in [0.717, 1.165) is 22.0 Å². The highest BCUT2D eigenvalue weighted by molar-refractivity contribution is 7.80. The van der Waals surface area contributed by atoms with Crippen molar-refractivity contribution in [3.8, 4) is 11.5 Å². The van der Waals surface area contributed by atoms with Gasteiger partial charge in [-0.1, -0.05) is 23.7 Å². The number of nitrogens with one attached hydrogen (secondary N) is 2. The molecule has 26 heavy (non-hydrogen) atoms. The van der Waals surface area contributed by atoms with E-state index in [2.05, 4.69) is 15.7 Å². The van der Waals surface area contributed by atoms with Gasteiger partial charge < -0.3 is 20.1 Å². The van der Waals surface area contributed by atoms with Gasteiger partial charge in [-0.05, 0) is 42.0 Å². The molecule has 0 amide bonds. The Hall–Kier alpha value is -2.77. The van der Waals surface area contributed by atoms with Crippen LogP contribution in [0, 0.1) is 0 Å². The van der Waals surface area contributed by atoms with Gasteiger partial charge in [0.1, 0.15) is 0 Å². The van der Waals surface area contributed by atoms with E-state index in [9.17, 15) is 0 Å². The van der Waals surface area contributed by atoms with Crippen LogP contribution < -0.4 is 20.1 Å². The second-order valence-electron chi connectivity index (χ2n) is 5.67. The lowest BCUT2D eigenvalue weighted by Gasteiger charge is -2.09. The maximum atomic E-state index is 5.91. The van der Waals surface area contributed by atoms with Crippen molar-refractivity contribution in [3.63, 3.8) is 0 Å². The molecule has 2 N–H and O–H groups in total. The van der Waals surface area contributed by atoms with Crippen LogP contribution in [0.25, 0.3) is 0 Å². The van der Waals surface area contributed by atoms with Gasteiger partial charge in [-0.15, -0.1) is 0 Å². The third kappa shape index (κ3) is 3.89. The van der Waals surface area contributed by atoms with E-state index in [1.165, 1.54) is 0 Å². The number of thiocarbonyl (C=S) groups is 1. The average molecular weight is 387 g/mol. The van der Waals surface area contributed by atoms with Gasteiger partial charge in [0, 0.05) is 29.0 Å². The summed E-state index contributed by atoms with van der Waals surface area (Å²) in [5.41, 5.74) is 1.93. The fourth-order valence-electron chi connectivity index (χ4n) is 2.55. The summed E-state index contributed by atoms with van der Waals surface area (Å²) >= 11 is 11.2. The van der Waals surface area contributed by atoms with Crippen molar-refractivity contribution < 1.29 is 9.47 Å². The molecule has 1 aromatic heterocycles. The fourth-order valence-corrected chi connectivity index (χ4v) is 2.89. The Bertz CT molecular complexity index is 943. The summed E-state index contributed by atoms with van der Waals surface area (Å²) in [4.78, 5) is 0. The van der Waals surface area contributed by atoms with Gasteiger partial charge in [-0.3, -0.25) is 4.68 Å². The number of halogens is 1. The zero-order chi connectivity index (χ0) is 17.9. The largest absolute Gasteiger partial charge is 0.454 e. The Kier molecular flexibility index (Phi) is 4.64. The van der Waals surface area contributed by atoms with Gasteiger partial charge in [-0.2, -0.15) is 5.10 Å². The molecular formula is C18H15ClN4O2S. The molecule has 0 saturated carbocycles. The number of anilines is 2. The minimum atomic E-state index is 0.243. The lowest BCUT2D eigenvalue weighted by Crippen LogP contribution is -2.19. The molecule has 132 valence electrons. The number of hydrogen-bond acceptors (Lipinski definition) is 4. The minimum Gasteiger partial charge on any atom is -0.454 e. The Morgan fingerprint density at radius 2 is 1.88 bits per heavy atom. The molecule has 0 aliphatic carbocycles. The lowest BCUT2D eigenvalue weighted by molar-refractivity contribution is 0.174. The van der Waals surface area contributed by atoms with Crippen molar-refractivity contribution in [2.45, 2.75) is 6.54 Å². The molecule has 6 nitrogen and oxygen atoms in total. The van der Waals surface area contributed by atoms with Crippen LogP contribution in [0.15, 0.2) is 54.7 Å². The molecule has 0 radical (unpaired) electrons. The first-order valence-corrected chi connectivity index (χ1v) is 8.70. The Labute approximate surface area is 160 Å². The summed E-state index contributed by atoms with van der Waals surface area (Å²) in [6.45, 7) is 0.897. The van der Waals surface area contributed by atoms with E-state index >= 15 is 0 Å². The van der Waals surface area contributed by atoms with Crippen molar-refractivity contribution in [2.75, 3.05) is 17.4 Å². The first kappa shape index (κ1) is 16.7. The topological polar surface area (TPSA) is 60.3 Å². The van der Waals surface area contributed by atoms with Crippen molar-refractivity contribution in [2.24, 2.45) is 0 Å². The molecule has 8 heteroatoms. The Morgan fingerprint density at radius 3 is 2.73 bits per heavy atom. The molecule has 0 spiro atoms. The number of aromatic nitrogens is 2. The maximum absolute atomic E-state index is 5.91. The molecule has 2 aromatic carbocycles. The van der Waals surface area contributed by atoms with Gasteiger partial charge in [0.05, 0.1) is 6.54 Å². The van der Waals surface area contributed by atoms with E-state index in [4.69, 9.17) is 33.3 Å². The van der Waals surface area contributed by atoms with Crippen LogP contribution in [0.1, 0.15) is 5.56 Å². The number of benzene rings is 2. The molecular weight excluding hydrogens is 372 g/mol. The van der Waals surface area contributed by atoms with Crippen LogP contribution in [0.5, 0.6) is 11.5 Å². The Balaban J connectivity index is 1.36. The van der Waals surface area contributed by atoms with Crippen molar-refractivity contribution in [1.29, 1.82) is 0 Å². The summed E-state index contributed by atoms with van der Waals surface area (Å²) in [7, 11) is 0. The molecule has 0 atom stereocenters. The van der Waals surface area contributed by atoms with E-state index in [1.54, 1.807) is 0 Å². The number of rotatable bonds is 4. The van der Waals surface area contributed by atoms with Crippen LogP contribution in [-0.4, -0.2) is 21.7 Å². The SMILES string of the molecule is S=C(Nc1ccc2c(c1)OCO2)Nc1ccn(Cc2ccc(Cl)cc2)n1. The molecule has 0 bridgehead atoms. The van der Waals surface area contributed by atoms with Crippen molar-refractivity contribution in [3.05, 3.63) is 65.3 Å². The van der Waals surface area contributed by atoms with E-state index in [1.807, 2.05) is 59.4 Å². The Morgan fingerprint density at radius 1 is 1.08 bits per heavy atom. The lowest BCUT2D eigenvalue weighted by atomic mass is 10.2. The summed E-state index contributed by atoms with van der Waals surface area (Å²) in [5.74, 6) is 2.10. The van der Waals surface area contributed by atoms with Gasteiger partial charge in [0.25, 0.3) is 0 Å². The number of hydrogen-bond donors (Lipinski definition) is 2. The van der Waals surface area contributed by atoms with Crippen LogP contribution in [-0.2, 0) is 6.54 Å². The minimum absolute atomic E-state index is 0.243. The molecule has 4 rings (SSSR count). The summed E-state index contributed by atoms with van der Waals surface area (Å²) in [5, 5.41) is 11.8. The second-order valence-corrected chi connectivity index (χ2v) is 6.52. The highest BCUT2D eigenvalue weighted by Crippen LogP contribution is 2.34. The maximum Gasteiger partial charge on any atom is 0.231 e. The van der Waals surface area contributed by atoms with Crippen LogP contribution in [0.4, 0.5) is 11.5 Å². The zero-order valence-corrected chi connectivity index (χ0v) is 15.2. The summed E-state index contributed by atoms with van der Waals surface area (Å²) in [6, 6.07) is 15.1. The van der Waals surface area contributed by atoms with Gasteiger partial charge in [0.2, 0.25) is 6.79 Å². The van der Waals surface area contributed by atoms with Crippen molar-refractivity contribution >= 4 is 40.4 Å². The zero-order valence-electron chi connectivity index (χ0n) is 13.6. The van der Waals surface area contributed by atoms with E-state index in [0.29, 0.717) is 23.2 Å². The summed E-state index contributed by atoms with van der Waals surface area (Å²) in [6.07, 6.45) is 1.89. The number of nitrogens with zero attached hydrogens (tertiary/aromatic N) is 2. The van der Waals surface area contributed by atoms with Gasteiger partial charge in [-0.25, -0.2) is 0 Å². The number of fused-ring (bicyclic) bond motifs is 1. The first-order chi connectivity index (χ1) is 12.7. The molecule has 1 aliphatic rings. The van der Waals surface area contributed by atoms with Gasteiger partial charge in [0.15, 0.2) is 22.4 Å². The standard InChI is InChI=1S/C18H15ClN4O2S/c19-13-3-1-12(2-4-13)10-23-8-7-17(22-23)21-18(26)20-14-5-6-15-16(9-14)25-11-24-15/h1-9H,10-11H2,(H2,20,21,22,26). The highest BCUT2D eigenvalue weighted by Gasteiger charge is 2.13. The first-order valence-electron chi connectivity index (χ1n) is 7.91. The molecule has 1 aliphatic heterocycles. The normalized spacial score (nSPS) is 12.0.